The molecule has 0 unspecified atom stereocenters. The molecule has 5 nitrogen and oxygen atoms in total. The van der Waals surface area contributed by atoms with Crippen LogP contribution >= 0.6 is 23.2 Å². The Bertz CT molecular complexity index is 1280. The van der Waals surface area contributed by atoms with Crippen molar-refractivity contribution in [2.24, 2.45) is 0 Å². The molecular formula is C23H19Cl2F3N2O3S. The second-order valence-electron chi connectivity index (χ2n) is 7.45. The molecule has 0 spiro atoms. The van der Waals surface area contributed by atoms with Crippen LogP contribution in [0.4, 0.5) is 18.9 Å². The lowest BCUT2D eigenvalue weighted by Crippen LogP contribution is -2.37. The number of hydrogen-bond donors (Lipinski definition) is 1. The van der Waals surface area contributed by atoms with Crippen molar-refractivity contribution in [3.8, 4) is 0 Å². The van der Waals surface area contributed by atoms with Crippen LogP contribution in [0.2, 0.25) is 10.0 Å². The zero-order valence-corrected chi connectivity index (χ0v) is 20.1. The first kappa shape index (κ1) is 26.0. The number of nitrogens with zero attached hydrogens (tertiary/aromatic N) is 1. The van der Waals surface area contributed by atoms with E-state index in [1.807, 2.05) is 6.92 Å². The van der Waals surface area contributed by atoms with E-state index in [1.165, 1.54) is 24.3 Å². The van der Waals surface area contributed by atoms with Crippen LogP contribution in [0.3, 0.4) is 0 Å². The summed E-state index contributed by atoms with van der Waals surface area (Å²) < 4.78 is 66.6. The summed E-state index contributed by atoms with van der Waals surface area (Å²) in [6, 6.07) is 14.9. The predicted molar refractivity (Wildman–Crippen MR) is 125 cm³/mol. The van der Waals surface area contributed by atoms with Crippen molar-refractivity contribution in [3.63, 3.8) is 0 Å². The van der Waals surface area contributed by atoms with Gasteiger partial charge in [0.2, 0.25) is 15.9 Å². The summed E-state index contributed by atoms with van der Waals surface area (Å²) in [6.07, 6.45) is -4.64. The van der Waals surface area contributed by atoms with E-state index in [0.29, 0.717) is 16.7 Å². The van der Waals surface area contributed by atoms with Gasteiger partial charge in [-0.1, -0.05) is 53.0 Å². The van der Waals surface area contributed by atoms with Gasteiger partial charge in [0.25, 0.3) is 0 Å². The molecule has 3 aromatic rings. The van der Waals surface area contributed by atoms with Crippen LogP contribution < -0.4 is 5.32 Å². The molecule has 1 amide bonds. The Morgan fingerprint density at radius 3 is 2.18 bits per heavy atom. The van der Waals surface area contributed by atoms with Crippen LogP contribution in [0.15, 0.2) is 71.6 Å². The number of aryl methyl sites for hydroxylation is 1. The molecule has 0 saturated carbocycles. The Morgan fingerprint density at radius 2 is 1.59 bits per heavy atom. The first-order valence-corrected chi connectivity index (χ1v) is 12.0. The summed E-state index contributed by atoms with van der Waals surface area (Å²) >= 11 is 11.8. The Balaban J connectivity index is 1.90. The number of anilines is 1. The molecule has 0 aromatic heterocycles. The number of nitrogens with one attached hydrogen (secondary N) is 1. The molecule has 0 aliphatic rings. The molecule has 3 aromatic carbocycles. The van der Waals surface area contributed by atoms with Gasteiger partial charge in [0.05, 0.1) is 27.7 Å². The molecule has 0 atom stereocenters. The average molecular weight is 531 g/mol. The molecular weight excluding hydrogens is 512 g/mol. The molecule has 11 heteroatoms. The van der Waals surface area contributed by atoms with Gasteiger partial charge in [-0.25, -0.2) is 8.42 Å². The lowest BCUT2D eigenvalue weighted by atomic mass is 10.1. The molecule has 0 saturated heterocycles. The predicted octanol–water partition coefficient (Wildman–Crippen LogP) is 6.15. The molecule has 1 N–H and O–H groups in total. The average Bonchev–Trinajstić information content (AvgIpc) is 2.76. The van der Waals surface area contributed by atoms with Gasteiger partial charge in [0.15, 0.2) is 0 Å². The van der Waals surface area contributed by atoms with Crippen LogP contribution in [0, 0.1) is 6.92 Å². The minimum Gasteiger partial charge on any atom is -0.324 e. The lowest BCUT2D eigenvalue weighted by Gasteiger charge is -2.22. The van der Waals surface area contributed by atoms with Gasteiger partial charge in [0, 0.05) is 11.6 Å². The fraction of sp³-hybridized carbons (Fsp3) is 0.174. The first-order chi connectivity index (χ1) is 15.9. The van der Waals surface area contributed by atoms with Gasteiger partial charge in [-0.05, 0) is 55.0 Å². The fourth-order valence-electron chi connectivity index (χ4n) is 3.03. The summed E-state index contributed by atoms with van der Waals surface area (Å²) in [7, 11) is -4.15. The van der Waals surface area contributed by atoms with Crippen molar-refractivity contribution in [3.05, 3.63) is 93.5 Å². The molecule has 3 rings (SSSR count). The third-order valence-electron chi connectivity index (χ3n) is 4.82. The van der Waals surface area contributed by atoms with Crippen molar-refractivity contribution in [2.45, 2.75) is 24.5 Å². The number of rotatable bonds is 7. The number of carbonyl (C=O) groups is 1. The van der Waals surface area contributed by atoms with Crippen LogP contribution in [0.1, 0.15) is 16.7 Å². The highest BCUT2D eigenvalue weighted by atomic mass is 35.5. The Kier molecular flexibility index (Phi) is 7.92. The highest BCUT2D eigenvalue weighted by molar-refractivity contribution is 7.89. The zero-order valence-electron chi connectivity index (χ0n) is 17.7. The maximum absolute atomic E-state index is 13.3. The van der Waals surface area contributed by atoms with E-state index in [-0.39, 0.29) is 22.2 Å². The topological polar surface area (TPSA) is 66.5 Å². The van der Waals surface area contributed by atoms with Gasteiger partial charge >= 0.3 is 6.18 Å². The maximum Gasteiger partial charge on any atom is 0.416 e. The van der Waals surface area contributed by atoms with Crippen molar-refractivity contribution in [2.75, 3.05) is 11.9 Å². The third-order valence-corrected chi connectivity index (χ3v) is 7.21. The van der Waals surface area contributed by atoms with Gasteiger partial charge in [-0.3, -0.25) is 4.79 Å². The molecule has 0 heterocycles. The van der Waals surface area contributed by atoms with E-state index in [4.69, 9.17) is 23.2 Å². The van der Waals surface area contributed by atoms with Gasteiger partial charge < -0.3 is 5.32 Å². The highest BCUT2D eigenvalue weighted by Crippen LogP contribution is 2.34. The SMILES string of the molecule is Cc1ccc(CN(CC(=O)Nc2cc(C(F)(F)F)ccc2Cl)S(=O)(=O)c2ccc(Cl)cc2)cc1. The van der Waals surface area contributed by atoms with Crippen molar-refractivity contribution in [1.29, 1.82) is 0 Å². The second-order valence-corrected chi connectivity index (χ2v) is 10.2. The number of halogens is 5. The zero-order chi connectivity index (χ0) is 25.1. The standard InChI is InChI=1S/C23H19Cl2F3N2O3S/c1-15-2-4-16(5-3-15)13-30(34(32,33)19-9-7-18(24)8-10-19)14-22(31)29-21-12-17(23(26,27)28)6-11-20(21)25/h2-12H,13-14H2,1H3,(H,29,31). The van der Waals surface area contributed by atoms with E-state index in [9.17, 15) is 26.4 Å². The molecule has 0 bridgehead atoms. The van der Waals surface area contributed by atoms with Gasteiger partial charge in [-0.15, -0.1) is 0 Å². The van der Waals surface area contributed by atoms with Crippen molar-refractivity contribution >= 4 is 44.8 Å². The largest absolute Gasteiger partial charge is 0.416 e. The van der Waals surface area contributed by atoms with E-state index in [1.54, 1.807) is 24.3 Å². The molecule has 0 aliphatic carbocycles. The molecule has 0 radical (unpaired) electrons. The van der Waals surface area contributed by atoms with Crippen LogP contribution in [-0.4, -0.2) is 25.2 Å². The van der Waals surface area contributed by atoms with E-state index >= 15 is 0 Å². The first-order valence-electron chi connectivity index (χ1n) is 9.84. The fourth-order valence-corrected chi connectivity index (χ4v) is 4.70. The van der Waals surface area contributed by atoms with Crippen LogP contribution in [-0.2, 0) is 27.5 Å². The van der Waals surface area contributed by atoms with Gasteiger partial charge in [0.1, 0.15) is 0 Å². The summed E-state index contributed by atoms with van der Waals surface area (Å²) in [4.78, 5) is 12.6. The summed E-state index contributed by atoms with van der Waals surface area (Å²) in [5.74, 6) is -0.856. The normalized spacial score (nSPS) is 12.1. The number of hydrogen-bond acceptors (Lipinski definition) is 3. The summed E-state index contributed by atoms with van der Waals surface area (Å²) in [5.41, 5.74) is 0.305. The molecule has 0 fully saturated rings. The lowest BCUT2D eigenvalue weighted by molar-refractivity contribution is -0.137. The summed E-state index contributed by atoms with van der Waals surface area (Å²) in [6.45, 7) is 1.07. The van der Waals surface area contributed by atoms with Crippen LogP contribution in [0.5, 0.6) is 0 Å². The van der Waals surface area contributed by atoms with E-state index in [2.05, 4.69) is 5.32 Å². The Labute approximate surface area is 205 Å². The third kappa shape index (κ3) is 6.50. The monoisotopic (exact) mass is 530 g/mol. The molecule has 34 heavy (non-hydrogen) atoms. The van der Waals surface area contributed by atoms with Crippen molar-refractivity contribution < 1.29 is 26.4 Å². The van der Waals surface area contributed by atoms with Crippen molar-refractivity contribution in [1.82, 2.24) is 4.31 Å². The highest BCUT2D eigenvalue weighted by Gasteiger charge is 2.32. The number of amides is 1. The summed E-state index contributed by atoms with van der Waals surface area (Å²) in [5, 5.41) is 2.50. The van der Waals surface area contributed by atoms with Crippen LogP contribution in [0.25, 0.3) is 0 Å². The van der Waals surface area contributed by atoms with E-state index < -0.39 is 34.2 Å². The Morgan fingerprint density at radius 1 is 0.971 bits per heavy atom. The maximum atomic E-state index is 13.3. The van der Waals surface area contributed by atoms with Gasteiger partial charge in [-0.2, -0.15) is 17.5 Å². The second kappa shape index (κ2) is 10.4. The molecule has 0 aliphatic heterocycles. The quantitative estimate of drug-likeness (QED) is 0.398. The Hall–Kier alpha value is -2.59. The minimum atomic E-state index is -4.64. The minimum absolute atomic E-state index is 0.0890. The smallest absolute Gasteiger partial charge is 0.324 e. The molecule has 180 valence electrons. The number of sulfonamides is 1. The number of benzene rings is 3. The van der Waals surface area contributed by atoms with E-state index in [0.717, 1.165) is 22.0 Å². The number of alkyl halides is 3. The number of carbonyl (C=O) groups excluding carboxylic acids is 1.